The summed E-state index contributed by atoms with van der Waals surface area (Å²) in [6.07, 6.45) is -2.69. The molecule has 0 aliphatic heterocycles. The number of carbonyl (C=O) groups is 1. The Kier molecular flexibility index (Phi) is 1.29. The zero-order valence-electron chi connectivity index (χ0n) is 6.66. The van der Waals surface area contributed by atoms with Gasteiger partial charge in [-0.05, 0) is 11.6 Å². The molecule has 3 heteroatoms. The van der Waals surface area contributed by atoms with E-state index in [-0.39, 0.29) is 0 Å². The second-order valence-electron chi connectivity index (χ2n) is 0.493. The van der Waals surface area contributed by atoms with E-state index in [0.29, 0.717) is 0 Å². The van der Waals surface area contributed by atoms with Gasteiger partial charge in [-0.25, -0.2) is 0 Å². The Morgan fingerprint density at radius 1 is 2.17 bits per heavy atom. The topological polar surface area (TPSA) is 17.1 Å². The molecule has 36 valence electrons. The zero-order chi connectivity index (χ0) is 8.58. The summed E-state index contributed by atoms with van der Waals surface area (Å²) in [7, 11) is 0. The van der Waals surface area contributed by atoms with Gasteiger partial charge in [0.05, 0.1) is 0 Å². The quantitative estimate of drug-likeness (QED) is 0.460. The Morgan fingerprint density at radius 3 is 2.67 bits per heavy atom. The van der Waals surface area contributed by atoms with E-state index in [0.717, 1.165) is 0 Å². The molecule has 0 spiro atoms. The van der Waals surface area contributed by atoms with E-state index >= 15 is 0 Å². The molecule has 0 aromatic rings. The zero-order valence-corrected chi connectivity index (χ0v) is 5.01. The predicted octanol–water partition coefficient (Wildman–Crippen LogP) is 1.54. The summed E-state index contributed by atoms with van der Waals surface area (Å²) in [5.41, 5.74) is 0. The molecule has 0 bridgehead atoms. The number of alkyl halides is 1. The molecule has 0 aromatic heterocycles. The van der Waals surface area contributed by atoms with Gasteiger partial charge < -0.3 is 0 Å². The molecule has 0 N–H and O–H groups in total. The maximum absolute atomic E-state index is 10.2. The van der Waals surface area contributed by atoms with Gasteiger partial charge in [-0.15, -0.1) is 0 Å². The van der Waals surface area contributed by atoms with E-state index in [9.17, 15) is 4.79 Å². The van der Waals surface area contributed by atoms with Crippen LogP contribution in [-0.4, -0.2) is 10.5 Å². The second-order valence-corrected chi connectivity index (χ2v) is 1.23. The van der Waals surface area contributed by atoms with Crippen molar-refractivity contribution in [3.8, 4) is 0 Å². The maximum atomic E-state index is 10.2. The molecule has 0 heterocycles. The van der Waals surface area contributed by atoms with Gasteiger partial charge in [-0.1, -0.05) is 15.9 Å². The first kappa shape index (κ1) is 2.14. The van der Waals surface area contributed by atoms with Crippen molar-refractivity contribution >= 4 is 32.8 Å². The van der Waals surface area contributed by atoms with E-state index < -0.39 is 16.9 Å². The van der Waals surface area contributed by atoms with Crippen molar-refractivity contribution in [2.24, 2.45) is 0 Å². The van der Waals surface area contributed by atoms with Gasteiger partial charge in [-0.2, -0.15) is 0 Å². The van der Waals surface area contributed by atoms with Crippen molar-refractivity contribution in [2.45, 2.75) is 6.37 Å². The van der Waals surface area contributed by atoms with Crippen LogP contribution in [0.3, 0.4) is 0 Å². The highest BCUT2D eigenvalue weighted by Crippen LogP contribution is 1.91. The van der Waals surface area contributed by atoms with Crippen LogP contribution in [0.2, 0.25) is 0 Å². The van der Waals surface area contributed by atoms with Crippen molar-refractivity contribution in [1.82, 2.24) is 0 Å². The average molecular weight is 175 g/mol. The number of hydrogen-bond donors (Lipinski definition) is 0. The highest BCUT2D eigenvalue weighted by Gasteiger charge is 1.88. The number of halogens is 2. The van der Waals surface area contributed by atoms with Gasteiger partial charge in [-0.3, -0.25) is 4.79 Å². The van der Waals surface area contributed by atoms with Crippen LogP contribution in [0.25, 0.3) is 0 Å². The molecule has 1 nitrogen and oxygen atoms in total. The van der Waals surface area contributed by atoms with Crippen LogP contribution in [0.15, 0.2) is 0 Å². The maximum Gasteiger partial charge on any atom is 0.222 e. The average Bonchev–Trinajstić information content (AvgIpc) is 1.62. The molecular formula is C3H4BrClO. The molecule has 0 saturated heterocycles. The van der Waals surface area contributed by atoms with Gasteiger partial charge in [0.1, 0.15) is 0 Å². The Bertz CT molecular complexity index is 153. The standard InChI is InChI=1S/C3H4BrClO/c4-2-1-3(5)6/h1-2H2/i1D2,2D2. The minimum Gasteiger partial charge on any atom is -0.281 e. The summed E-state index contributed by atoms with van der Waals surface area (Å²) < 4.78 is 27.1. The van der Waals surface area contributed by atoms with Crippen LogP contribution in [0, 0.1) is 0 Å². The lowest BCUT2D eigenvalue weighted by Crippen LogP contribution is -1.83. The monoisotopic (exact) mass is 174 g/mol. The molecule has 0 fully saturated rings. The summed E-state index contributed by atoms with van der Waals surface area (Å²) in [4.78, 5) is 10.2. The molecular weight excluding hydrogens is 167 g/mol. The van der Waals surface area contributed by atoms with Crippen LogP contribution in [0.1, 0.15) is 11.9 Å². The first-order chi connectivity index (χ1) is 4.19. The molecule has 6 heavy (non-hydrogen) atoms. The van der Waals surface area contributed by atoms with Crippen molar-refractivity contribution in [2.75, 3.05) is 5.28 Å². The molecule has 0 atom stereocenters. The fraction of sp³-hybridized carbons (Fsp3) is 0.667. The molecule has 0 radical (unpaired) electrons. The van der Waals surface area contributed by atoms with Crippen molar-refractivity contribution in [1.29, 1.82) is 0 Å². The Balaban J connectivity index is 4.57. The SMILES string of the molecule is [2H]C([2H])(Br)C([2H])([2H])C(=O)Cl. The number of hydrogen-bond acceptors (Lipinski definition) is 1. The van der Waals surface area contributed by atoms with E-state index in [1.54, 1.807) is 0 Å². The third-order valence-corrected chi connectivity index (χ3v) is 0.438. The first-order valence-corrected chi connectivity index (χ1v) is 2.25. The van der Waals surface area contributed by atoms with Crippen LogP contribution in [-0.2, 0) is 4.79 Å². The van der Waals surface area contributed by atoms with Gasteiger partial charge >= 0.3 is 0 Å². The van der Waals surface area contributed by atoms with Crippen LogP contribution < -0.4 is 0 Å². The van der Waals surface area contributed by atoms with Gasteiger partial charge in [0.15, 0.2) is 0 Å². The Labute approximate surface area is 55.4 Å². The summed E-state index contributed by atoms with van der Waals surface area (Å²) >= 11 is 7.12. The summed E-state index contributed by atoms with van der Waals surface area (Å²) in [6.45, 7) is 0. The van der Waals surface area contributed by atoms with Crippen molar-refractivity contribution in [3.05, 3.63) is 0 Å². The molecule has 0 aliphatic carbocycles. The molecule has 0 unspecified atom stereocenters. The molecule has 0 aliphatic rings. The molecule has 0 saturated carbocycles. The van der Waals surface area contributed by atoms with Crippen LogP contribution in [0.4, 0.5) is 0 Å². The third-order valence-electron chi connectivity index (χ3n) is 0.146. The Morgan fingerprint density at radius 2 is 2.67 bits per heavy atom. The fourth-order valence-corrected chi connectivity index (χ4v) is 0.379. The highest BCUT2D eigenvalue weighted by molar-refractivity contribution is 9.09. The second kappa shape index (κ2) is 3.62. The van der Waals surface area contributed by atoms with Crippen molar-refractivity contribution in [3.63, 3.8) is 0 Å². The van der Waals surface area contributed by atoms with Gasteiger partial charge in [0.2, 0.25) is 5.24 Å². The van der Waals surface area contributed by atoms with E-state index in [2.05, 4.69) is 15.9 Å². The van der Waals surface area contributed by atoms with E-state index in [1.165, 1.54) is 0 Å². The number of rotatable bonds is 2. The normalized spacial score (nSPS) is 23.0. The minimum absolute atomic E-state index is 1.35. The lowest BCUT2D eigenvalue weighted by Gasteiger charge is -1.76. The van der Waals surface area contributed by atoms with E-state index in [1.807, 2.05) is 0 Å². The van der Waals surface area contributed by atoms with Gasteiger partial charge in [0.25, 0.3) is 0 Å². The number of carbonyl (C=O) groups excluding carboxylic acids is 1. The third kappa shape index (κ3) is 4.44. The van der Waals surface area contributed by atoms with Crippen LogP contribution >= 0.6 is 27.5 Å². The molecule has 0 amide bonds. The van der Waals surface area contributed by atoms with E-state index in [4.69, 9.17) is 17.1 Å². The van der Waals surface area contributed by atoms with Crippen LogP contribution in [0.5, 0.6) is 0 Å². The van der Waals surface area contributed by atoms with Crippen molar-refractivity contribution < 1.29 is 10.3 Å². The fourth-order valence-electron chi connectivity index (χ4n) is 0.0371. The molecule has 0 rings (SSSR count). The first-order valence-electron chi connectivity index (χ1n) is 3.08. The smallest absolute Gasteiger partial charge is 0.222 e. The Hall–Kier alpha value is 0.440. The largest absolute Gasteiger partial charge is 0.281 e. The highest BCUT2D eigenvalue weighted by atomic mass is 79.9. The summed E-state index contributed by atoms with van der Waals surface area (Å²) in [6, 6.07) is 0. The lowest BCUT2D eigenvalue weighted by molar-refractivity contribution is -0.111. The summed E-state index contributed by atoms with van der Waals surface area (Å²) in [5, 5.41) is -3.77. The predicted molar refractivity (Wildman–Crippen MR) is 29.3 cm³/mol. The molecule has 0 aromatic carbocycles. The van der Waals surface area contributed by atoms with Gasteiger partial charge in [0, 0.05) is 17.1 Å². The minimum atomic E-state index is -2.69. The lowest BCUT2D eigenvalue weighted by atomic mass is 10.6. The summed E-state index contributed by atoms with van der Waals surface area (Å²) in [5.74, 6) is 0.